The Morgan fingerprint density at radius 2 is 2.10 bits per heavy atom. The lowest BCUT2D eigenvalue weighted by Gasteiger charge is -2.37. The maximum Gasteiger partial charge on any atom is 0.174 e. The van der Waals surface area contributed by atoms with Crippen molar-refractivity contribution in [1.82, 2.24) is 9.88 Å². The number of aromatic nitrogens is 1. The fourth-order valence-corrected chi connectivity index (χ4v) is 2.95. The zero-order valence-corrected chi connectivity index (χ0v) is 12.4. The maximum atomic E-state index is 9.66. The van der Waals surface area contributed by atoms with Crippen LogP contribution in [-0.4, -0.2) is 32.8 Å². The van der Waals surface area contributed by atoms with Gasteiger partial charge in [0.15, 0.2) is 5.11 Å². The Morgan fingerprint density at radius 3 is 2.81 bits per heavy atom. The molecule has 0 fully saturated rings. The van der Waals surface area contributed by atoms with Crippen molar-refractivity contribution in [1.29, 1.82) is 0 Å². The Balaban J connectivity index is 1.79. The smallest absolute Gasteiger partial charge is 0.174 e. The second kappa shape index (κ2) is 6.20. The zero-order chi connectivity index (χ0) is 14.7. The van der Waals surface area contributed by atoms with Crippen LogP contribution in [0.4, 0.5) is 5.69 Å². The fraction of sp³-hybridized carbons (Fsp3) is 0.250. The minimum Gasteiger partial charge on any atom is -0.394 e. The van der Waals surface area contributed by atoms with Crippen LogP contribution in [0.1, 0.15) is 11.1 Å². The molecule has 2 N–H and O–H groups in total. The van der Waals surface area contributed by atoms with Gasteiger partial charge in [0, 0.05) is 12.7 Å². The van der Waals surface area contributed by atoms with Crippen LogP contribution in [0.25, 0.3) is 0 Å². The lowest BCUT2D eigenvalue weighted by atomic mass is 9.95. The second-order valence-electron chi connectivity index (χ2n) is 5.11. The molecule has 0 saturated carbocycles. The third-order valence-corrected chi connectivity index (χ3v) is 4.08. The van der Waals surface area contributed by atoms with E-state index in [4.69, 9.17) is 12.2 Å². The molecule has 0 amide bonds. The van der Waals surface area contributed by atoms with Gasteiger partial charge in [0.05, 0.1) is 24.5 Å². The Labute approximate surface area is 129 Å². The number of anilines is 1. The Bertz CT molecular complexity index is 632. The van der Waals surface area contributed by atoms with Crippen LogP contribution < -0.4 is 5.32 Å². The van der Waals surface area contributed by atoms with Gasteiger partial charge in [0.1, 0.15) is 0 Å². The normalized spacial score (nSPS) is 17.2. The molecule has 2 heterocycles. The van der Waals surface area contributed by atoms with Crippen LogP contribution in [0, 0.1) is 0 Å². The van der Waals surface area contributed by atoms with E-state index in [0.29, 0.717) is 11.7 Å². The predicted molar refractivity (Wildman–Crippen MR) is 87.0 cm³/mol. The first-order chi connectivity index (χ1) is 10.3. The molecule has 0 aliphatic carbocycles. The number of nitrogens with zero attached hydrogens (tertiary/aromatic N) is 2. The Kier molecular flexibility index (Phi) is 4.13. The number of fused-ring (bicyclic) bond motifs is 1. The van der Waals surface area contributed by atoms with Gasteiger partial charge in [0.25, 0.3) is 0 Å². The van der Waals surface area contributed by atoms with Crippen LogP contribution in [0.2, 0.25) is 0 Å². The van der Waals surface area contributed by atoms with Gasteiger partial charge in [0.2, 0.25) is 0 Å². The van der Waals surface area contributed by atoms with Gasteiger partial charge < -0.3 is 15.3 Å². The van der Waals surface area contributed by atoms with Crippen LogP contribution in [0.3, 0.4) is 0 Å². The number of hydrogen-bond donors (Lipinski definition) is 2. The van der Waals surface area contributed by atoms with E-state index in [1.54, 1.807) is 12.4 Å². The summed E-state index contributed by atoms with van der Waals surface area (Å²) in [6, 6.07) is 12.1. The molecule has 1 atom stereocenters. The molecule has 0 bridgehead atoms. The van der Waals surface area contributed by atoms with E-state index in [-0.39, 0.29) is 12.6 Å². The number of nitrogens with one attached hydrogen (secondary N) is 1. The number of aliphatic hydroxyl groups is 1. The molecule has 1 aliphatic rings. The van der Waals surface area contributed by atoms with E-state index >= 15 is 0 Å². The minimum absolute atomic E-state index is 0.0107. The van der Waals surface area contributed by atoms with Gasteiger partial charge in [-0.3, -0.25) is 4.98 Å². The summed E-state index contributed by atoms with van der Waals surface area (Å²) < 4.78 is 0. The van der Waals surface area contributed by atoms with Crippen LogP contribution in [0.15, 0.2) is 48.8 Å². The summed E-state index contributed by atoms with van der Waals surface area (Å²) in [7, 11) is 0. The van der Waals surface area contributed by atoms with E-state index in [9.17, 15) is 5.11 Å². The van der Waals surface area contributed by atoms with Gasteiger partial charge in [-0.05, 0) is 41.9 Å². The van der Waals surface area contributed by atoms with Gasteiger partial charge in [-0.15, -0.1) is 0 Å². The first kappa shape index (κ1) is 14.0. The summed E-state index contributed by atoms with van der Waals surface area (Å²) in [6.45, 7) is 0.802. The second-order valence-corrected chi connectivity index (χ2v) is 5.50. The third-order valence-electron chi connectivity index (χ3n) is 3.74. The molecular formula is C16H17N3OS. The number of rotatable bonds is 2. The molecule has 0 spiro atoms. The van der Waals surface area contributed by atoms with Crippen LogP contribution in [-0.2, 0) is 13.0 Å². The van der Waals surface area contributed by atoms with Crippen molar-refractivity contribution in [3.8, 4) is 0 Å². The van der Waals surface area contributed by atoms with Gasteiger partial charge >= 0.3 is 0 Å². The molecule has 0 radical (unpaired) electrons. The molecule has 1 aliphatic heterocycles. The van der Waals surface area contributed by atoms with Gasteiger partial charge in [-0.2, -0.15) is 0 Å². The largest absolute Gasteiger partial charge is 0.394 e. The monoisotopic (exact) mass is 299 g/mol. The van der Waals surface area contributed by atoms with Crippen molar-refractivity contribution < 1.29 is 5.11 Å². The van der Waals surface area contributed by atoms with Crippen molar-refractivity contribution in [3.63, 3.8) is 0 Å². The molecule has 108 valence electrons. The summed E-state index contributed by atoms with van der Waals surface area (Å²) in [5, 5.41) is 13.5. The SMILES string of the molecule is OC[C@@H]1Cc2ccccc2CN1C(=S)Nc1cccnc1. The molecule has 0 unspecified atom stereocenters. The van der Waals surface area contributed by atoms with E-state index in [1.165, 1.54) is 11.1 Å². The molecular weight excluding hydrogens is 282 g/mol. The van der Waals surface area contributed by atoms with Crippen molar-refractivity contribution in [3.05, 3.63) is 59.9 Å². The Morgan fingerprint density at radius 1 is 1.29 bits per heavy atom. The highest BCUT2D eigenvalue weighted by Crippen LogP contribution is 2.24. The summed E-state index contributed by atoms with van der Waals surface area (Å²) >= 11 is 5.50. The molecule has 2 aromatic rings. The minimum atomic E-state index is 0.0107. The number of aliphatic hydroxyl groups excluding tert-OH is 1. The van der Waals surface area contributed by atoms with Gasteiger partial charge in [-0.25, -0.2) is 0 Å². The van der Waals surface area contributed by atoms with Gasteiger partial charge in [-0.1, -0.05) is 24.3 Å². The number of pyridine rings is 1. The van der Waals surface area contributed by atoms with Crippen molar-refractivity contribution >= 4 is 23.0 Å². The van der Waals surface area contributed by atoms with Crippen molar-refractivity contribution in [2.45, 2.75) is 19.0 Å². The number of thiocarbonyl (C=S) groups is 1. The quantitative estimate of drug-likeness (QED) is 0.833. The first-order valence-corrected chi connectivity index (χ1v) is 7.34. The van der Waals surface area contributed by atoms with E-state index in [0.717, 1.165) is 12.1 Å². The zero-order valence-electron chi connectivity index (χ0n) is 11.6. The van der Waals surface area contributed by atoms with E-state index < -0.39 is 0 Å². The first-order valence-electron chi connectivity index (χ1n) is 6.93. The summed E-state index contributed by atoms with van der Waals surface area (Å²) in [5.41, 5.74) is 3.41. The summed E-state index contributed by atoms with van der Waals surface area (Å²) in [5.74, 6) is 0. The highest BCUT2D eigenvalue weighted by molar-refractivity contribution is 7.80. The highest BCUT2D eigenvalue weighted by Gasteiger charge is 2.27. The van der Waals surface area contributed by atoms with Crippen molar-refractivity contribution in [2.75, 3.05) is 11.9 Å². The summed E-state index contributed by atoms with van der Waals surface area (Å²) in [6.07, 6.45) is 4.27. The predicted octanol–water partition coefficient (Wildman–Crippen LogP) is 2.20. The Hall–Kier alpha value is -1.98. The maximum absolute atomic E-state index is 9.66. The summed E-state index contributed by atoms with van der Waals surface area (Å²) in [4.78, 5) is 6.11. The van der Waals surface area contributed by atoms with Crippen LogP contribution in [0.5, 0.6) is 0 Å². The van der Waals surface area contributed by atoms with E-state index in [1.807, 2.05) is 29.2 Å². The molecule has 1 aromatic heterocycles. The molecule has 3 rings (SSSR count). The standard InChI is InChI=1S/C16H17N3OS/c20-11-15-8-12-4-1-2-5-13(12)10-19(15)16(21)18-14-6-3-7-17-9-14/h1-7,9,15,20H,8,10-11H2,(H,18,21)/t15-/m0/s1. The molecule has 21 heavy (non-hydrogen) atoms. The van der Waals surface area contributed by atoms with E-state index in [2.05, 4.69) is 22.4 Å². The highest BCUT2D eigenvalue weighted by atomic mass is 32.1. The molecule has 0 saturated heterocycles. The van der Waals surface area contributed by atoms with Crippen LogP contribution >= 0.6 is 12.2 Å². The molecule has 5 heteroatoms. The third kappa shape index (κ3) is 3.04. The average molecular weight is 299 g/mol. The topological polar surface area (TPSA) is 48.4 Å². The average Bonchev–Trinajstić information content (AvgIpc) is 2.54. The lowest BCUT2D eigenvalue weighted by molar-refractivity contribution is 0.168. The fourth-order valence-electron chi connectivity index (χ4n) is 2.62. The van der Waals surface area contributed by atoms with Crippen molar-refractivity contribution in [2.24, 2.45) is 0 Å². The number of benzene rings is 1. The number of hydrogen-bond acceptors (Lipinski definition) is 3. The molecule has 4 nitrogen and oxygen atoms in total. The molecule has 1 aromatic carbocycles. The lowest BCUT2D eigenvalue weighted by Crippen LogP contribution is -2.48.